The Balaban J connectivity index is 2.01. The minimum atomic E-state index is 0.849. The van der Waals surface area contributed by atoms with Gasteiger partial charge in [-0.15, -0.1) is 0 Å². The Morgan fingerprint density at radius 1 is 1.17 bits per heavy atom. The van der Waals surface area contributed by atoms with Gasteiger partial charge in [0.25, 0.3) is 0 Å². The van der Waals surface area contributed by atoms with Gasteiger partial charge in [-0.3, -0.25) is 0 Å². The summed E-state index contributed by atoms with van der Waals surface area (Å²) in [5, 5.41) is 3.37. The lowest BCUT2D eigenvalue weighted by Gasteiger charge is -2.35. The molecule has 1 aromatic carbocycles. The van der Waals surface area contributed by atoms with E-state index in [1.165, 1.54) is 42.3 Å². The second kappa shape index (κ2) is 6.72. The smallest absolute Gasteiger partial charge is 0.0175 e. The quantitative estimate of drug-likeness (QED) is 0.876. The van der Waals surface area contributed by atoms with Crippen LogP contribution in [-0.4, -0.2) is 13.6 Å². The molecule has 0 radical (unpaired) electrons. The van der Waals surface area contributed by atoms with Crippen molar-refractivity contribution in [3.05, 3.63) is 34.3 Å². The van der Waals surface area contributed by atoms with Gasteiger partial charge in [-0.2, -0.15) is 0 Å². The number of benzene rings is 1. The van der Waals surface area contributed by atoms with E-state index >= 15 is 0 Å². The predicted octanol–water partition coefficient (Wildman–Crippen LogP) is 4.26. The highest BCUT2D eigenvalue weighted by atomic mass is 79.9. The van der Waals surface area contributed by atoms with Crippen molar-refractivity contribution in [2.45, 2.75) is 32.6 Å². The van der Waals surface area contributed by atoms with Gasteiger partial charge in [0.15, 0.2) is 0 Å². The Morgan fingerprint density at radius 3 is 2.56 bits per heavy atom. The maximum Gasteiger partial charge on any atom is 0.0175 e. The van der Waals surface area contributed by atoms with Crippen LogP contribution in [0, 0.1) is 17.8 Å². The highest BCUT2D eigenvalue weighted by molar-refractivity contribution is 9.10. The maximum atomic E-state index is 3.51. The zero-order valence-corrected chi connectivity index (χ0v) is 13.0. The first-order valence-electron chi connectivity index (χ1n) is 7.08. The molecule has 1 aliphatic rings. The molecule has 1 saturated carbocycles. The van der Waals surface area contributed by atoms with Gasteiger partial charge < -0.3 is 5.32 Å². The van der Waals surface area contributed by atoms with E-state index in [1.54, 1.807) is 0 Å². The molecule has 2 rings (SSSR count). The SMILES string of the molecule is CNCC1CCC(C)CC1Cc1ccc(Br)cc1. The first kappa shape index (κ1) is 14.1. The first-order valence-corrected chi connectivity index (χ1v) is 7.87. The molecule has 0 heterocycles. The number of rotatable bonds is 4. The number of hydrogen-bond donors (Lipinski definition) is 1. The van der Waals surface area contributed by atoms with Crippen LogP contribution in [0.4, 0.5) is 0 Å². The lowest BCUT2D eigenvalue weighted by atomic mass is 9.72. The van der Waals surface area contributed by atoms with Crippen molar-refractivity contribution in [1.82, 2.24) is 5.32 Å². The van der Waals surface area contributed by atoms with Crippen molar-refractivity contribution in [2.75, 3.05) is 13.6 Å². The van der Waals surface area contributed by atoms with E-state index in [1.807, 2.05) is 0 Å². The third kappa shape index (κ3) is 3.83. The van der Waals surface area contributed by atoms with E-state index in [4.69, 9.17) is 0 Å². The Labute approximate surface area is 119 Å². The van der Waals surface area contributed by atoms with Crippen molar-refractivity contribution in [3.63, 3.8) is 0 Å². The highest BCUT2D eigenvalue weighted by Crippen LogP contribution is 2.35. The third-order valence-corrected chi connectivity index (χ3v) is 4.81. The summed E-state index contributed by atoms with van der Waals surface area (Å²) in [6.07, 6.45) is 5.43. The lowest BCUT2D eigenvalue weighted by molar-refractivity contribution is 0.186. The van der Waals surface area contributed by atoms with Crippen LogP contribution in [0.3, 0.4) is 0 Å². The Morgan fingerprint density at radius 2 is 1.89 bits per heavy atom. The average molecular weight is 310 g/mol. The molecule has 3 unspecified atom stereocenters. The van der Waals surface area contributed by atoms with Gasteiger partial charge >= 0.3 is 0 Å². The summed E-state index contributed by atoms with van der Waals surface area (Å²) in [7, 11) is 2.08. The van der Waals surface area contributed by atoms with Crippen LogP contribution in [0.15, 0.2) is 28.7 Å². The highest BCUT2D eigenvalue weighted by Gasteiger charge is 2.28. The fraction of sp³-hybridized carbons (Fsp3) is 0.625. The molecule has 1 aromatic rings. The zero-order chi connectivity index (χ0) is 13.0. The third-order valence-electron chi connectivity index (χ3n) is 4.28. The summed E-state index contributed by atoms with van der Waals surface area (Å²) in [5.74, 6) is 2.61. The fourth-order valence-corrected chi connectivity index (χ4v) is 3.53. The van der Waals surface area contributed by atoms with Gasteiger partial charge in [0, 0.05) is 4.47 Å². The molecule has 0 spiro atoms. The molecule has 18 heavy (non-hydrogen) atoms. The zero-order valence-electron chi connectivity index (χ0n) is 11.5. The van der Waals surface area contributed by atoms with Crippen LogP contribution in [-0.2, 0) is 6.42 Å². The molecular weight excluding hydrogens is 286 g/mol. The van der Waals surface area contributed by atoms with E-state index in [0.29, 0.717) is 0 Å². The normalized spacial score (nSPS) is 28.3. The standard InChI is InChI=1S/C16H24BrN/c1-12-3-6-14(11-18-2)15(9-12)10-13-4-7-16(17)8-5-13/h4-5,7-8,12,14-15,18H,3,6,9-11H2,1-2H3. The van der Waals surface area contributed by atoms with E-state index < -0.39 is 0 Å². The largest absolute Gasteiger partial charge is 0.319 e. The van der Waals surface area contributed by atoms with E-state index in [2.05, 4.69) is 59.5 Å². The monoisotopic (exact) mass is 309 g/mol. The minimum Gasteiger partial charge on any atom is -0.319 e. The van der Waals surface area contributed by atoms with E-state index in [0.717, 1.165) is 17.8 Å². The fourth-order valence-electron chi connectivity index (χ4n) is 3.27. The molecule has 0 saturated heterocycles. The molecule has 0 bridgehead atoms. The van der Waals surface area contributed by atoms with Gasteiger partial charge in [0.2, 0.25) is 0 Å². The molecule has 1 aliphatic carbocycles. The van der Waals surface area contributed by atoms with Crippen molar-refractivity contribution in [2.24, 2.45) is 17.8 Å². The van der Waals surface area contributed by atoms with Crippen LogP contribution in [0.25, 0.3) is 0 Å². The summed E-state index contributed by atoms with van der Waals surface area (Å²) in [5.41, 5.74) is 1.48. The number of hydrogen-bond acceptors (Lipinski definition) is 1. The van der Waals surface area contributed by atoms with Gasteiger partial charge in [-0.25, -0.2) is 0 Å². The summed E-state index contributed by atoms with van der Waals surface area (Å²) in [6.45, 7) is 3.58. The van der Waals surface area contributed by atoms with Crippen molar-refractivity contribution in [3.8, 4) is 0 Å². The molecular formula is C16H24BrN. The van der Waals surface area contributed by atoms with Gasteiger partial charge in [-0.05, 0) is 68.3 Å². The Bertz CT molecular complexity index is 360. The maximum absolute atomic E-state index is 3.51. The summed E-state index contributed by atoms with van der Waals surface area (Å²) < 4.78 is 1.18. The average Bonchev–Trinajstić information content (AvgIpc) is 2.36. The van der Waals surface area contributed by atoms with Crippen molar-refractivity contribution in [1.29, 1.82) is 0 Å². The molecule has 0 aromatic heterocycles. The van der Waals surface area contributed by atoms with Crippen LogP contribution >= 0.6 is 15.9 Å². The van der Waals surface area contributed by atoms with Gasteiger partial charge in [0.1, 0.15) is 0 Å². The van der Waals surface area contributed by atoms with Crippen LogP contribution in [0.2, 0.25) is 0 Å². The Kier molecular flexibility index (Phi) is 5.25. The number of halogens is 1. The van der Waals surface area contributed by atoms with E-state index in [-0.39, 0.29) is 0 Å². The van der Waals surface area contributed by atoms with Gasteiger partial charge in [0.05, 0.1) is 0 Å². The van der Waals surface area contributed by atoms with Crippen molar-refractivity contribution < 1.29 is 0 Å². The second-order valence-corrected chi connectivity index (χ2v) is 6.74. The molecule has 1 N–H and O–H groups in total. The van der Waals surface area contributed by atoms with Crippen molar-refractivity contribution >= 4 is 15.9 Å². The van der Waals surface area contributed by atoms with Gasteiger partial charge in [-0.1, -0.05) is 41.4 Å². The lowest BCUT2D eigenvalue weighted by Crippen LogP contribution is -2.32. The molecule has 1 fully saturated rings. The minimum absolute atomic E-state index is 0.849. The number of nitrogens with one attached hydrogen (secondary N) is 1. The molecule has 100 valence electrons. The van der Waals surface area contributed by atoms with Crippen LogP contribution in [0.5, 0.6) is 0 Å². The molecule has 0 amide bonds. The van der Waals surface area contributed by atoms with E-state index in [9.17, 15) is 0 Å². The Hall–Kier alpha value is -0.340. The molecule has 2 heteroatoms. The second-order valence-electron chi connectivity index (χ2n) is 5.83. The predicted molar refractivity (Wildman–Crippen MR) is 81.8 cm³/mol. The van der Waals surface area contributed by atoms with Crippen LogP contribution < -0.4 is 5.32 Å². The summed E-state index contributed by atoms with van der Waals surface area (Å²) in [6, 6.07) is 8.85. The van der Waals surface area contributed by atoms with Crippen LogP contribution in [0.1, 0.15) is 31.7 Å². The molecule has 0 aliphatic heterocycles. The molecule has 1 nitrogen and oxygen atoms in total. The summed E-state index contributed by atoms with van der Waals surface area (Å²) in [4.78, 5) is 0. The summed E-state index contributed by atoms with van der Waals surface area (Å²) >= 11 is 3.51. The molecule has 3 atom stereocenters. The first-order chi connectivity index (χ1) is 8.69. The topological polar surface area (TPSA) is 12.0 Å².